The molecule has 0 aromatic rings. The van der Waals surface area contributed by atoms with Crippen LogP contribution in [0.3, 0.4) is 0 Å². The number of carbonyl (C=O) groups excluding carboxylic acids is 2. The van der Waals surface area contributed by atoms with Crippen LogP contribution in [0.25, 0.3) is 0 Å². The smallest absolute Gasteiger partial charge is 0.324 e. The summed E-state index contributed by atoms with van der Waals surface area (Å²) in [5.74, 6) is 1.44. The molecule has 1 heterocycles. The van der Waals surface area contributed by atoms with Crippen LogP contribution in [0.15, 0.2) is 0 Å². The largest absolute Gasteiger partial charge is 0.468 e. The average Bonchev–Trinajstić information content (AvgIpc) is 2.49. The molecule has 1 saturated heterocycles. The first kappa shape index (κ1) is 16.6. The zero-order chi connectivity index (χ0) is 15.2. The van der Waals surface area contributed by atoms with Crippen molar-refractivity contribution in [1.82, 2.24) is 5.32 Å². The van der Waals surface area contributed by atoms with Crippen molar-refractivity contribution in [2.24, 2.45) is 5.92 Å². The molecule has 2 rings (SSSR count). The number of rotatable bonds is 4. The Morgan fingerprint density at radius 1 is 1.33 bits per heavy atom. The van der Waals surface area contributed by atoms with Gasteiger partial charge in [0.25, 0.3) is 5.91 Å². The Hall–Kier alpha value is -0.750. The standard InChI is InChI=1S/C15H26N2O3S/c1-11-5-3-4-6-12(11)16-14(18)10-17-7-8-21-13(9-17)15(19)20-2/h11-13H,3-10H2,1-2H3,(H,16,18)/p+1/t11-,12+,13+/m1/s1. The van der Waals surface area contributed by atoms with Crippen LogP contribution in [-0.4, -0.2) is 55.7 Å². The first-order valence-electron chi connectivity index (χ1n) is 7.92. The van der Waals surface area contributed by atoms with Crippen LogP contribution >= 0.6 is 11.8 Å². The summed E-state index contributed by atoms with van der Waals surface area (Å²) in [5, 5.41) is 3.07. The van der Waals surface area contributed by atoms with E-state index in [9.17, 15) is 9.59 Å². The number of hydrogen-bond donors (Lipinski definition) is 2. The van der Waals surface area contributed by atoms with E-state index >= 15 is 0 Å². The van der Waals surface area contributed by atoms with Gasteiger partial charge in [0.2, 0.25) is 0 Å². The molecule has 6 heteroatoms. The van der Waals surface area contributed by atoms with Crippen LogP contribution in [-0.2, 0) is 14.3 Å². The highest BCUT2D eigenvalue weighted by Crippen LogP contribution is 2.23. The lowest BCUT2D eigenvalue weighted by molar-refractivity contribution is -0.889. The first-order chi connectivity index (χ1) is 10.1. The number of ether oxygens (including phenoxy) is 1. The van der Waals surface area contributed by atoms with Crippen molar-refractivity contribution in [3.63, 3.8) is 0 Å². The molecule has 1 amide bonds. The van der Waals surface area contributed by atoms with Gasteiger partial charge in [-0.25, -0.2) is 0 Å². The fourth-order valence-corrected chi connectivity index (χ4v) is 4.50. The Balaban J connectivity index is 1.77. The third kappa shape index (κ3) is 4.88. The molecule has 2 aliphatic rings. The average molecular weight is 315 g/mol. The van der Waals surface area contributed by atoms with E-state index in [4.69, 9.17) is 4.74 Å². The van der Waals surface area contributed by atoms with Crippen molar-refractivity contribution in [3.8, 4) is 0 Å². The lowest BCUT2D eigenvalue weighted by atomic mass is 9.86. The van der Waals surface area contributed by atoms with E-state index in [1.807, 2.05) is 0 Å². The number of amides is 1. The number of esters is 1. The number of nitrogens with one attached hydrogen (secondary N) is 2. The molecule has 2 fully saturated rings. The van der Waals surface area contributed by atoms with Gasteiger partial charge in [-0.3, -0.25) is 9.59 Å². The molecule has 120 valence electrons. The van der Waals surface area contributed by atoms with Gasteiger partial charge in [-0.05, 0) is 18.8 Å². The van der Waals surface area contributed by atoms with Crippen molar-refractivity contribution in [2.75, 3.05) is 32.5 Å². The molecule has 0 radical (unpaired) electrons. The second-order valence-electron chi connectivity index (χ2n) is 6.20. The van der Waals surface area contributed by atoms with E-state index in [1.165, 1.54) is 31.3 Å². The third-order valence-corrected chi connectivity index (χ3v) is 5.78. The molecule has 1 aliphatic heterocycles. The summed E-state index contributed by atoms with van der Waals surface area (Å²) < 4.78 is 4.80. The van der Waals surface area contributed by atoms with Crippen molar-refractivity contribution < 1.29 is 19.2 Å². The fourth-order valence-electron chi connectivity index (χ4n) is 3.23. The summed E-state index contributed by atoms with van der Waals surface area (Å²) >= 11 is 1.64. The quantitative estimate of drug-likeness (QED) is 0.709. The molecule has 1 saturated carbocycles. The topological polar surface area (TPSA) is 59.8 Å². The molecule has 0 aromatic heterocycles. The Morgan fingerprint density at radius 2 is 2.10 bits per heavy atom. The Kier molecular flexibility index (Phi) is 6.36. The number of methoxy groups -OCH3 is 1. The summed E-state index contributed by atoms with van der Waals surface area (Å²) in [4.78, 5) is 25.0. The van der Waals surface area contributed by atoms with Crippen molar-refractivity contribution >= 4 is 23.6 Å². The van der Waals surface area contributed by atoms with Gasteiger partial charge in [-0.1, -0.05) is 19.8 Å². The minimum Gasteiger partial charge on any atom is -0.468 e. The van der Waals surface area contributed by atoms with Crippen molar-refractivity contribution in [2.45, 2.75) is 43.9 Å². The zero-order valence-corrected chi connectivity index (χ0v) is 13.8. The van der Waals surface area contributed by atoms with Gasteiger partial charge < -0.3 is 15.0 Å². The predicted octanol–water partition coefficient (Wildman–Crippen LogP) is -0.145. The van der Waals surface area contributed by atoms with Crippen LogP contribution in [0.2, 0.25) is 0 Å². The molecule has 0 spiro atoms. The van der Waals surface area contributed by atoms with Crippen LogP contribution in [0.4, 0.5) is 0 Å². The highest BCUT2D eigenvalue weighted by atomic mass is 32.2. The lowest BCUT2D eigenvalue weighted by Gasteiger charge is -2.31. The first-order valence-corrected chi connectivity index (χ1v) is 8.97. The minimum atomic E-state index is -0.168. The summed E-state index contributed by atoms with van der Waals surface area (Å²) in [6.07, 6.45) is 4.81. The number of carbonyl (C=O) groups is 2. The molecule has 21 heavy (non-hydrogen) atoms. The molecule has 4 atom stereocenters. The molecule has 5 nitrogen and oxygen atoms in total. The van der Waals surface area contributed by atoms with Crippen LogP contribution < -0.4 is 10.2 Å². The molecular weight excluding hydrogens is 288 g/mol. The van der Waals surface area contributed by atoms with Crippen LogP contribution in [0.1, 0.15) is 32.6 Å². The molecule has 2 N–H and O–H groups in total. The normalized spacial score (nSPS) is 33.2. The maximum absolute atomic E-state index is 12.2. The van der Waals surface area contributed by atoms with Gasteiger partial charge >= 0.3 is 5.97 Å². The maximum atomic E-state index is 12.2. The minimum absolute atomic E-state index is 0.124. The molecular formula is C15H27N2O3S+. The van der Waals surface area contributed by atoms with E-state index in [0.717, 1.165) is 18.7 Å². The van der Waals surface area contributed by atoms with E-state index in [0.29, 0.717) is 25.0 Å². The van der Waals surface area contributed by atoms with E-state index in [-0.39, 0.29) is 17.1 Å². The van der Waals surface area contributed by atoms with Crippen LogP contribution in [0.5, 0.6) is 0 Å². The SMILES string of the molecule is COC(=O)[C@@H]1C[NH+](CC(=O)N[C@H]2CCCC[C@H]2C)CCS1. The van der Waals surface area contributed by atoms with E-state index < -0.39 is 0 Å². The van der Waals surface area contributed by atoms with E-state index in [1.54, 1.807) is 11.8 Å². The van der Waals surface area contributed by atoms with Crippen LogP contribution in [0, 0.1) is 5.92 Å². The Bertz CT molecular complexity index is 378. The van der Waals surface area contributed by atoms with E-state index in [2.05, 4.69) is 12.2 Å². The number of thioether (sulfide) groups is 1. The van der Waals surface area contributed by atoms with Gasteiger partial charge in [-0.15, -0.1) is 11.8 Å². The Morgan fingerprint density at radius 3 is 2.81 bits per heavy atom. The second kappa shape index (κ2) is 8.03. The fraction of sp³-hybridized carbons (Fsp3) is 0.867. The summed E-state index contributed by atoms with van der Waals surface area (Å²) in [6, 6.07) is 0.334. The monoisotopic (exact) mass is 315 g/mol. The number of quaternary nitrogens is 1. The van der Waals surface area contributed by atoms with Gasteiger partial charge in [0.05, 0.1) is 13.7 Å². The summed E-state index contributed by atoms with van der Waals surface area (Å²) in [7, 11) is 1.42. The van der Waals surface area contributed by atoms with Crippen molar-refractivity contribution in [3.05, 3.63) is 0 Å². The lowest BCUT2D eigenvalue weighted by Crippen LogP contribution is -3.15. The number of hydrogen-bond acceptors (Lipinski definition) is 4. The molecule has 1 aliphatic carbocycles. The summed E-state index contributed by atoms with van der Waals surface area (Å²) in [6.45, 7) is 4.32. The van der Waals surface area contributed by atoms with Gasteiger partial charge in [0, 0.05) is 11.8 Å². The predicted molar refractivity (Wildman–Crippen MR) is 83.4 cm³/mol. The van der Waals surface area contributed by atoms with Gasteiger partial charge in [0.1, 0.15) is 6.54 Å². The van der Waals surface area contributed by atoms with Gasteiger partial charge in [-0.2, -0.15) is 0 Å². The molecule has 0 aromatic carbocycles. The second-order valence-corrected chi connectivity index (χ2v) is 7.51. The third-order valence-electron chi connectivity index (χ3n) is 4.58. The maximum Gasteiger partial charge on any atom is 0.324 e. The Labute approximate surface area is 131 Å². The molecule has 1 unspecified atom stereocenters. The zero-order valence-electron chi connectivity index (χ0n) is 13.0. The van der Waals surface area contributed by atoms with Gasteiger partial charge in [0.15, 0.2) is 11.8 Å². The molecule has 0 bridgehead atoms. The highest BCUT2D eigenvalue weighted by Gasteiger charge is 2.32. The summed E-state index contributed by atoms with van der Waals surface area (Å²) in [5.41, 5.74) is 0. The highest BCUT2D eigenvalue weighted by molar-refractivity contribution is 8.00. The van der Waals surface area contributed by atoms with Crippen molar-refractivity contribution in [1.29, 1.82) is 0 Å².